The molecule has 0 bridgehead atoms. The van der Waals surface area contributed by atoms with Gasteiger partial charge in [0.05, 0.1) is 0 Å². The standard InChI is InChI=1S/C4H8O.C2H2O2/c1-4(2)3-5;3-1-2-4/h3-4H,1-2H3;1-2H. The van der Waals surface area contributed by atoms with Crippen molar-refractivity contribution in [3.63, 3.8) is 0 Å². The second kappa shape index (κ2) is 10.1. The Labute approximate surface area is 54.1 Å². The summed E-state index contributed by atoms with van der Waals surface area (Å²) in [6.45, 7) is 3.71. The number of carbonyl (C=O) groups is 3. The van der Waals surface area contributed by atoms with Crippen LogP contribution in [0.5, 0.6) is 0 Å². The van der Waals surface area contributed by atoms with Crippen molar-refractivity contribution < 1.29 is 14.4 Å². The minimum atomic E-state index is 0.194. The highest BCUT2D eigenvalue weighted by atomic mass is 16.2. The van der Waals surface area contributed by atoms with Gasteiger partial charge in [-0.2, -0.15) is 0 Å². The smallest absolute Gasteiger partial charge is 0.182 e. The van der Waals surface area contributed by atoms with E-state index in [0.717, 1.165) is 6.29 Å². The first-order valence-corrected chi connectivity index (χ1v) is 2.53. The summed E-state index contributed by atoms with van der Waals surface area (Å²) in [5.74, 6) is 0.204. The van der Waals surface area contributed by atoms with Crippen molar-refractivity contribution in [2.45, 2.75) is 13.8 Å². The highest BCUT2D eigenvalue weighted by molar-refractivity contribution is 6.09. The highest BCUT2D eigenvalue weighted by Gasteiger charge is 1.79. The molecule has 0 heterocycles. The van der Waals surface area contributed by atoms with Gasteiger partial charge in [0, 0.05) is 5.92 Å². The summed E-state index contributed by atoms with van der Waals surface area (Å²) in [6, 6.07) is 0. The molecule has 0 aromatic heterocycles. The van der Waals surface area contributed by atoms with Gasteiger partial charge in [0.2, 0.25) is 0 Å². The van der Waals surface area contributed by atoms with Gasteiger partial charge in [0.1, 0.15) is 6.29 Å². The third kappa shape index (κ3) is 43.6. The summed E-state index contributed by atoms with van der Waals surface area (Å²) in [4.78, 5) is 27.1. The van der Waals surface area contributed by atoms with Gasteiger partial charge in [-0.1, -0.05) is 13.8 Å². The fraction of sp³-hybridized carbons (Fsp3) is 0.500. The quantitative estimate of drug-likeness (QED) is 0.397. The topological polar surface area (TPSA) is 51.2 Å². The third-order valence-electron chi connectivity index (χ3n) is 0.328. The number of hydrogen-bond donors (Lipinski definition) is 0. The van der Waals surface area contributed by atoms with E-state index in [4.69, 9.17) is 9.59 Å². The van der Waals surface area contributed by atoms with Gasteiger partial charge in [-0.15, -0.1) is 0 Å². The number of rotatable bonds is 2. The Morgan fingerprint density at radius 1 is 1.00 bits per heavy atom. The maximum atomic E-state index is 9.50. The molecule has 0 aliphatic carbocycles. The Balaban J connectivity index is 0. The Kier molecular flexibility index (Phi) is 12.2. The van der Waals surface area contributed by atoms with Crippen LogP contribution >= 0.6 is 0 Å². The van der Waals surface area contributed by atoms with E-state index in [9.17, 15) is 4.79 Å². The molecule has 3 nitrogen and oxygen atoms in total. The number of carbonyl (C=O) groups excluding carboxylic acids is 3. The van der Waals surface area contributed by atoms with Gasteiger partial charge in [0.15, 0.2) is 12.6 Å². The lowest BCUT2D eigenvalue weighted by atomic mass is 10.3. The first-order valence-electron chi connectivity index (χ1n) is 2.53. The van der Waals surface area contributed by atoms with Gasteiger partial charge in [-0.05, 0) is 0 Å². The molecule has 0 aliphatic rings. The van der Waals surface area contributed by atoms with E-state index in [-0.39, 0.29) is 18.5 Å². The lowest BCUT2D eigenvalue weighted by Crippen LogP contribution is -1.82. The van der Waals surface area contributed by atoms with Crippen molar-refractivity contribution in [1.29, 1.82) is 0 Å². The lowest BCUT2D eigenvalue weighted by Gasteiger charge is -1.78. The fourth-order valence-corrected chi connectivity index (χ4v) is 0. The summed E-state index contributed by atoms with van der Waals surface area (Å²) in [5.41, 5.74) is 0. The van der Waals surface area contributed by atoms with Crippen LogP contribution in [0.15, 0.2) is 0 Å². The minimum Gasteiger partial charge on any atom is -0.303 e. The zero-order chi connectivity index (χ0) is 7.70. The Hall–Kier alpha value is -0.990. The van der Waals surface area contributed by atoms with Crippen LogP contribution in [-0.2, 0) is 14.4 Å². The van der Waals surface area contributed by atoms with Crippen LogP contribution in [0.4, 0.5) is 0 Å². The first kappa shape index (κ1) is 10.9. The van der Waals surface area contributed by atoms with E-state index in [1.807, 2.05) is 13.8 Å². The SMILES string of the molecule is CC(C)C=O.O=CC=O. The first-order chi connectivity index (χ1) is 4.18. The van der Waals surface area contributed by atoms with Crippen LogP contribution in [0.3, 0.4) is 0 Å². The Bertz CT molecular complexity index is 80.3. The van der Waals surface area contributed by atoms with Crippen LogP contribution in [0.25, 0.3) is 0 Å². The van der Waals surface area contributed by atoms with Gasteiger partial charge >= 0.3 is 0 Å². The van der Waals surface area contributed by atoms with Gasteiger partial charge < -0.3 is 4.79 Å². The maximum Gasteiger partial charge on any atom is 0.182 e. The van der Waals surface area contributed by atoms with Crippen molar-refractivity contribution in [3.8, 4) is 0 Å². The molecule has 0 rings (SSSR count). The second-order valence-electron chi connectivity index (χ2n) is 1.65. The van der Waals surface area contributed by atoms with Crippen LogP contribution in [0.2, 0.25) is 0 Å². The molecular weight excluding hydrogens is 120 g/mol. The highest BCUT2D eigenvalue weighted by Crippen LogP contribution is 1.78. The molecule has 0 aliphatic heterocycles. The fourth-order valence-electron chi connectivity index (χ4n) is 0. The van der Waals surface area contributed by atoms with Crippen LogP contribution in [0.1, 0.15) is 13.8 Å². The molecule has 0 fully saturated rings. The number of hydrogen-bond acceptors (Lipinski definition) is 3. The van der Waals surface area contributed by atoms with Crippen molar-refractivity contribution in [1.82, 2.24) is 0 Å². The minimum absolute atomic E-state index is 0.194. The largest absolute Gasteiger partial charge is 0.303 e. The molecule has 0 saturated carbocycles. The molecule has 0 aromatic rings. The molecule has 0 spiro atoms. The molecule has 0 radical (unpaired) electrons. The second-order valence-corrected chi connectivity index (χ2v) is 1.65. The average Bonchev–Trinajstić information content (AvgIpc) is 1.89. The Morgan fingerprint density at radius 3 is 1.22 bits per heavy atom. The third-order valence-corrected chi connectivity index (χ3v) is 0.328. The van der Waals surface area contributed by atoms with E-state index < -0.39 is 0 Å². The summed E-state index contributed by atoms with van der Waals surface area (Å²) in [5, 5.41) is 0. The zero-order valence-electron chi connectivity index (χ0n) is 5.53. The zero-order valence-corrected chi connectivity index (χ0v) is 5.53. The van der Waals surface area contributed by atoms with Crippen molar-refractivity contribution in [2.75, 3.05) is 0 Å². The molecule has 52 valence electrons. The van der Waals surface area contributed by atoms with Crippen molar-refractivity contribution in [3.05, 3.63) is 0 Å². The van der Waals surface area contributed by atoms with Crippen molar-refractivity contribution in [2.24, 2.45) is 5.92 Å². The van der Waals surface area contributed by atoms with Gasteiger partial charge in [0.25, 0.3) is 0 Å². The van der Waals surface area contributed by atoms with E-state index >= 15 is 0 Å². The number of aldehydes is 3. The molecule has 9 heavy (non-hydrogen) atoms. The predicted molar refractivity (Wildman–Crippen MR) is 33.0 cm³/mol. The lowest BCUT2D eigenvalue weighted by molar-refractivity contribution is -0.122. The molecule has 0 saturated heterocycles. The maximum absolute atomic E-state index is 9.50. The monoisotopic (exact) mass is 130 g/mol. The van der Waals surface area contributed by atoms with Gasteiger partial charge in [-0.3, -0.25) is 9.59 Å². The van der Waals surface area contributed by atoms with Crippen LogP contribution < -0.4 is 0 Å². The van der Waals surface area contributed by atoms with E-state index in [1.54, 1.807) is 0 Å². The normalized spacial score (nSPS) is 7.00. The van der Waals surface area contributed by atoms with E-state index in [1.165, 1.54) is 0 Å². The van der Waals surface area contributed by atoms with E-state index in [0.29, 0.717) is 0 Å². The van der Waals surface area contributed by atoms with Crippen LogP contribution in [-0.4, -0.2) is 18.9 Å². The summed E-state index contributed by atoms with van der Waals surface area (Å²) in [6.07, 6.45) is 1.31. The average molecular weight is 130 g/mol. The molecule has 0 atom stereocenters. The van der Waals surface area contributed by atoms with Crippen LogP contribution in [0, 0.1) is 5.92 Å². The van der Waals surface area contributed by atoms with Crippen molar-refractivity contribution >= 4 is 18.9 Å². The molecule has 0 N–H and O–H groups in total. The summed E-state index contributed by atoms with van der Waals surface area (Å²) >= 11 is 0. The van der Waals surface area contributed by atoms with Gasteiger partial charge in [-0.25, -0.2) is 0 Å². The molecule has 3 heteroatoms. The summed E-state index contributed by atoms with van der Waals surface area (Å²) < 4.78 is 0. The van der Waals surface area contributed by atoms with E-state index in [2.05, 4.69) is 0 Å². The molecule has 0 aromatic carbocycles. The summed E-state index contributed by atoms with van der Waals surface area (Å²) in [7, 11) is 0. The molecular formula is C6H10O3. The Morgan fingerprint density at radius 2 is 1.22 bits per heavy atom. The molecule has 0 unspecified atom stereocenters. The molecule has 0 amide bonds. The predicted octanol–water partition coefficient (Wildman–Crippen LogP) is 0.226.